The Hall–Kier alpha value is -3.10. The number of ether oxygens (including phenoxy) is 1. The van der Waals surface area contributed by atoms with Crippen molar-refractivity contribution >= 4 is 17.9 Å². The lowest BCUT2D eigenvalue weighted by atomic mass is 10.2. The van der Waals surface area contributed by atoms with Gasteiger partial charge in [-0.25, -0.2) is 4.98 Å². The van der Waals surface area contributed by atoms with E-state index in [0.717, 1.165) is 25.3 Å². The number of aromatic nitrogens is 2. The quantitative estimate of drug-likeness (QED) is 0.551. The van der Waals surface area contributed by atoms with Gasteiger partial charge in [0.15, 0.2) is 0 Å². The average molecular weight is 452 g/mol. The highest BCUT2D eigenvalue weighted by Crippen LogP contribution is 2.08. The zero-order valence-electron chi connectivity index (χ0n) is 19.5. The Balaban J connectivity index is 1.45. The van der Waals surface area contributed by atoms with Crippen LogP contribution in [-0.2, 0) is 9.53 Å². The normalized spacial score (nSPS) is 14.5. The van der Waals surface area contributed by atoms with Crippen molar-refractivity contribution in [3.05, 3.63) is 65.8 Å². The zero-order chi connectivity index (χ0) is 23.5. The summed E-state index contributed by atoms with van der Waals surface area (Å²) in [5.74, 6) is -0.165. The van der Waals surface area contributed by atoms with Crippen LogP contribution in [0.2, 0.25) is 0 Å². The molecule has 1 aromatic carbocycles. The van der Waals surface area contributed by atoms with E-state index < -0.39 is 0 Å². The van der Waals surface area contributed by atoms with Gasteiger partial charge in [-0.1, -0.05) is 42.5 Å². The molecule has 0 atom stereocenters. The number of carbonyl (C=O) groups is 2. The van der Waals surface area contributed by atoms with E-state index in [4.69, 9.17) is 4.74 Å². The molecule has 1 fully saturated rings. The molecule has 3 rings (SSSR count). The predicted molar refractivity (Wildman–Crippen MR) is 128 cm³/mol. The predicted octanol–water partition coefficient (Wildman–Crippen LogP) is 2.12. The monoisotopic (exact) mass is 451 g/mol. The maximum absolute atomic E-state index is 12.8. The molecule has 0 aliphatic carbocycles. The number of amides is 2. The second kappa shape index (κ2) is 12.8. The molecule has 2 aromatic rings. The lowest BCUT2D eigenvalue weighted by Crippen LogP contribution is -2.49. The van der Waals surface area contributed by atoms with Crippen molar-refractivity contribution in [1.82, 2.24) is 24.7 Å². The Morgan fingerprint density at radius 1 is 1.06 bits per heavy atom. The molecular formula is C25H33N5O3. The molecule has 1 aromatic heterocycles. The van der Waals surface area contributed by atoms with E-state index in [1.807, 2.05) is 30.0 Å². The third kappa shape index (κ3) is 7.76. The number of benzene rings is 1. The summed E-state index contributed by atoms with van der Waals surface area (Å²) < 4.78 is 5.14. The van der Waals surface area contributed by atoms with Gasteiger partial charge in [0.1, 0.15) is 5.69 Å². The van der Waals surface area contributed by atoms with Gasteiger partial charge in [-0.15, -0.1) is 0 Å². The summed E-state index contributed by atoms with van der Waals surface area (Å²) in [5.41, 5.74) is 2.22. The number of hydrogen-bond acceptors (Lipinski definition) is 6. The Morgan fingerprint density at radius 3 is 2.48 bits per heavy atom. The van der Waals surface area contributed by atoms with Gasteiger partial charge >= 0.3 is 0 Å². The van der Waals surface area contributed by atoms with Gasteiger partial charge in [0.05, 0.1) is 18.5 Å². The Kier molecular flexibility index (Phi) is 9.53. The van der Waals surface area contributed by atoms with Crippen LogP contribution in [0, 0.1) is 6.92 Å². The molecule has 2 heterocycles. The summed E-state index contributed by atoms with van der Waals surface area (Å²) in [5, 5.41) is 0. The lowest BCUT2D eigenvalue weighted by molar-refractivity contribution is -0.133. The molecule has 2 amide bonds. The average Bonchev–Trinajstić information content (AvgIpc) is 2.85. The molecule has 0 unspecified atom stereocenters. The number of rotatable bonds is 10. The maximum atomic E-state index is 12.8. The first-order valence-corrected chi connectivity index (χ1v) is 11.4. The number of piperazine rings is 1. The Morgan fingerprint density at radius 2 is 1.82 bits per heavy atom. The molecule has 0 bridgehead atoms. The zero-order valence-corrected chi connectivity index (χ0v) is 19.5. The molecule has 1 aliphatic heterocycles. The number of nitrogens with zero attached hydrogens (tertiary/aromatic N) is 5. The first-order valence-electron chi connectivity index (χ1n) is 11.4. The third-order valence-corrected chi connectivity index (χ3v) is 5.65. The van der Waals surface area contributed by atoms with E-state index in [9.17, 15) is 9.59 Å². The molecule has 33 heavy (non-hydrogen) atoms. The second-order valence-corrected chi connectivity index (χ2v) is 8.07. The second-order valence-electron chi connectivity index (χ2n) is 8.07. The van der Waals surface area contributed by atoms with E-state index in [-0.39, 0.29) is 23.9 Å². The van der Waals surface area contributed by atoms with Crippen LogP contribution in [0.5, 0.6) is 0 Å². The summed E-state index contributed by atoms with van der Waals surface area (Å²) in [6.45, 7) is 6.91. The first-order chi connectivity index (χ1) is 16.1. The van der Waals surface area contributed by atoms with Gasteiger partial charge in [-0.2, -0.15) is 0 Å². The van der Waals surface area contributed by atoms with Gasteiger partial charge in [0, 0.05) is 65.5 Å². The molecule has 0 spiro atoms. The molecule has 1 saturated heterocycles. The van der Waals surface area contributed by atoms with Crippen LogP contribution < -0.4 is 0 Å². The highest BCUT2D eigenvalue weighted by molar-refractivity contribution is 5.92. The van der Waals surface area contributed by atoms with E-state index in [1.54, 1.807) is 18.2 Å². The standard InChI is InChI=1S/C25H33N5O3/c1-21-19-27-23(20-26-21)25(32)30(17-18-33-2)12-10-24(31)29-15-13-28(14-16-29)11-6-9-22-7-4-3-5-8-22/h3-9,19-20H,10-18H2,1-2H3. The summed E-state index contributed by atoms with van der Waals surface area (Å²) in [7, 11) is 1.59. The van der Waals surface area contributed by atoms with Crippen LogP contribution >= 0.6 is 0 Å². The third-order valence-electron chi connectivity index (χ3n) is 5.65. The first kappa shape index (κ1) is 24.5. The van der Waals surface area contributed by atoms with Crippen LogP contribution in [0.1, 0.15) is 28.2 Å². The summed E-state index contributed by atoms with van der Waals surface area (Å²) in [4.78, 5) is 39.8. The molecule has 0 N–H and O–H groups in total. The van der Waals surface area contributed by atoms with Crippen molar-refractivity contribution in [1.29, 1.82) is 0 Å². The van der Waals surface area contributed by atoms with Crippen molar-refractivity contribution in [2.24, 2.45) is 0 Å². The van der Waals surface area contributed by atoms with E-state index in [2.05, 4.69) is 39.2 Å². The van der Waals surface area contributed by atoms with Crippen LogP contribution in [0.25, 0.3) is 6.08 Å². The molecule has 1 aliphatic rings. The maximum Gasteiger partial charge on any atom is 0.274 e. The minimum atomic E-state index is -0.234. The van der Waals surface area contributed by atoms with Gasteiger partial charge in [-0.3, -0.25) is 19.5 Å². The molecule has 176 valence electrons. The largest absolute Gasteiger partial charge is 0.383 e. The van der Waals surface area contributed by atoms with Crippen molar-refractivity contribution in [3.63, 3.8) is 0 Å². The van der Waals surface area contributed by atoms with Gasteiger partial charge in [-0.05, 0) is 12.5 Å². The van der Waals surface area contributed by atoms with Gasteiger partial charge in [0.25, 0.3) is 5.91 Å². The molecule has 8 nitrogen and oxygen atoms in total. The van der Waals surface area contributed by atoms with Crippen LogP contribution in [-0.4, -0.2) is 96.0 Å². The molecule has 0 saturated carbocycles. The lowest BCUT2D eigenvalue weighted by Gasteiger charge is -2.34. The van der Waals surface area contributed by atoms with Gasteiger partial charge < -0.3 is 14.5 Å². The van der Waals surface area contributed by atoms with Crippen molar-refractivity contribution in [2.45, 2.75) is 13.3 Å². The fourth-order valence-corrected chi connectivity index (χ4v) is 3.65. The topological polar surface area (TPSA) is 78.9 Å². The Labute approximate surface area is 195 Å². The number of aryl methyl sites for hydroxylation is 1. The molecular weight excluding hydrogens is 418 g/mol. The fourth-order valence-electron chi connectivity index (χ4n) is 3.65. The highest BCUT2D eigenvalue weighted by atomic mass is 16.5. The summed E-state index contributed by atoms with van der Waals surface area (Å²) in [6, 6.07) is 10.2. The van der Waals surface area contributed by atoms with E-state index in [1.165, 1.54) is 11.8 Å². The van der Waals surface area contributed by atoms with Crippen molar-refractivity contribution in [2.75, 3.05) is 59.5 Å². The summed E-state index contributed by atoms with van der Waals surface area (Å²) >= 11 is 0. The Bertz CT molecular complexity index is 909. The van der Waals surface area contributed by atoms with Crippen LogP contribution in [0.15, 0.2) is 48.8 Å². The number of methoxy groups -OCH3 is 1. The molecule has 8 heteroatoms. The van der Waals surface area contributed by atoms with E-state index in [0.29, 0.717) is 32.8 Å². The highest BCUT2D eigenvalue weighted by Gasteiger charge is 2.23. The number of hydrogen-bond donors (Lipinski definition) is 0. The number of carbonyl (C=O) groups excluding carboxylic acids is 2. The summed E-state index contributed by atoms with van der Waals surface area (Å²) in [6.07, 6.45) is 7.62. The van der Waals surface area contributed by atoms with Gasteiger partial charge in [0.2, 0.25) is 5.91 Å². The van der Waals surface area contributed by atoms with Crippen molar-refractivity contribution in [3.8, 4) is 0 Å². The van der Waals surface area contributed by atoms with E-state index >= 15 is 0 Å². The fraction of sp³-hybridized carbons (Fsp3) is 0.440. The van der Waals surface area contributed by atoms with Crippen LogP contribution in [0.4, 0.5) is 0 Å². The van der Waals surface area contributed by atoms with Crippen molar-refractivity contribution < 1.29 is 14.3 Å². The molecule has 0 radical (unpaired) electrons. The SMILES string of the molecule is COCCN(CCC(=O)N1CCN(CC=Cc2ccccc2)CC1)C(=O)c1cnc(C)cn1. The smallest absolute Gasteiger partial charge is 0.274 e. The minimum absolute atomic E-state index is 0.0692. The van der Waals surface area contributed by atoms with Crippen LogP contribution in [0.3, 0.4) is 0 Å². The minimum Gasteiger partial charge on any atom is -0.383 e.